The van der Waals surface area contributed by atoms with Crippen molar-refractivity contribution >= 4 is 0 Å². The molecule has 18 heavy (non-hydrogen) atoms. The van der Waals surface area contributed by atoms with Gasteiger partial charge in [-0.3, -0.25) is 0 Å². The summed E-state index contributed by atoms with van der Waals surface area (Å²) in [6.07, 6.45) is -2.12. The van der Waals surface area contributed by atoms with E-state index in [2.05, 4.69) is 17.2 Å². The van der Waals surface area contributed by atoms with Crippen LogP contribution in [-0.2, 0) is 6.18 Å². The molecule has 1 saturated heterocycles. The molecule has 96 valence electrons. The minimum absolute atomic E-state index is 0.307. The molecule has 1 aromatic rings. The van der Waals surface area contributed by atoms with E-state index in [-0.39, 0.29) is 0 Å². The van der Waals surface area contributed by atoms with Crippen molar-refractivity contribution in [3.05, 3.63) is 35.4 Å². The molecule has 0 radical (unpaired) electrons. The number of piperidine rings is 1. The van der Waals surface area contributed by atoms with E-state index in [4.69, 9.17) is 0 Å². The van der Waals surface area contributed by atoms with Gasteiger partial charge in [-0.25, -0.2) is 0 Å². The molecule has 1 fully saturated rings. The molecule has 1 heterocycles. The second kappa shape index (κ2) is 5.45. The second-order valence-electron chi connectivity index (χ2n) is 4.39. The third-order valence-electron chi connectivity index (χ3n) is 2.93. The molecule has 1 nitrogen and oxygen atoms in total. The van der Waals surface area contributed by atoms with Gasteiger partial charge in [-0.05, 0) is 43.7 Å². The van der Waals surface area contributed by atoms with Gasteiger partial charge < -0.3 is 5.32 Å². The van der Waals surface area contributed by atoms with E-state index < -0.39 is 11.7 Å². The fourth-order valence-electron chi connectivity index (χ4n) is 1.90. The third kappa shape index (κ3) is 3.51. The number of benzene rings is 1. The molecule has 2 rings (SSSR count). The highest BCUT2D eigenvalue weighted by atomic mass is 19.4. The quantitative estimate of drug-likeness (QED) is 0.701. The van der Waals surface area contributed by atoms with E-state index in [9.17, 15) is 13.2 Å². The van der Waals surface area contributed by atoms with Crippen molar-refractivity contribution in [3.63, 3.8) is 0 Å². The van der Waals surface area contributed by atoms with E-state index in [1.807, 2.05) is 0 Å². The molecule has 0 saturated carbocycles. The lowest BCUT2D eigenvalue weighted by Gasteiger charge is -2.17. The Hall–Kier alpha value is -1.47. The molecular weight excluding hydrogens is 239 g/mol. The van der Waals surface area contributed by atoms with Crippen molar-refractivity contribution in [2.75, 3.05) is 13.1 Å². The van der Waals surface area contributed by atoms with E-state index in [0.29, 0.717) is 11.5 Å². The highest BCUT2D eigenvalue weighted by Crippen LogP contribution is 2.28. The van der Waals surface area contributed by atoms with E-state index in [0.717, 1.165) is 38.1 Å². The van der Waals surface area contributed by atoms with E-state index in [1.165, 1.54) is 12.1 Å². The molecule has 1 aliphatic heterocycles. The zero-order chi connectivity index (χ0) is 13.0. The van der Waals surface area contributed by atoms with Crippen molar-refractivity contribution in [2.45, 2.75) is 19.0 Å². The fraction of sp³-hybridized carbons (Fsp3) is 0.429. The molecule has 0 aliphatic carbocycles. The summed E-state index contributed by atoms with van der Waals surface area (Å²) in [4.78, 5) is 0. The lowest BCUT2D eigenvalue weighted by Crippen LogP contribution is -2.28. The molecule has 1 N–H and O–H groups in total. The predicted molar refractivity (Wildman–Crippen MR) is 63.9 cm³/mol. The number of alkyl halides is 3. The van der Waals surface area contributed by atoms with Gasteiger partial charge in [-0.2, -0.15) is 13.2 Å². The molecule has 1 aromatic carbocycles. The van der Waals surface area contributed by atoms with Gasteiger partial charge >= 0.3 is 6.18 Å². The van der Waals surface area contributed by atoms with Crippen LogP contribution < -0.4 is 5.32 Å². The zero-order valence-electron chi connectivity index (χ0n) is 9.85. The van der Waals surface area contributed by atoms with Gasteiger partial charge in [0.15, 0.2) is 0 Å². The van der Waals surface area contributed by atoms with Crippen LogP contribution in [0.4, 0.5) is 13.2 Å². The normalized spacial score (nSPS) is 20.1. The highest BCUT2D eigenvalue weighted by molar-refractivity contribution is 5.37. The average Bonchev–Trinajstić information content (AvgIpc) is 2.37. The van der Waals surface area contributed by atoms with Crippen LogP contribution >= 0.6 is 0 Å². The summed E-state index contributed by atoms with van der Waals surface area (Å²) in [6, 6.07) is 4.99. The molecule has 0 spiro atoms. The lowest BCUT2D eigenvalue weighted by molar-refractivity contribution is -0.137. The number of rotatable bonds is 0. The van der Waals surface area contributed by atoms with Crippen molar-refractivity contribution < 1.29 is 13.2 Å². The first-order valence-electron chi connectivity index (χ1n) is 5.95. The van der Waals surface area contributed by atoms with Crippen molar-refractivity contribution in [1.82, 2.24) is 5.32 Å². The van der Waals surface area contributed by atoms with Crippen molar-refractivity contribution in [3.8, 4) is 11.8 Å². The van der Waals surface area contributed by atoms with E-state index >= 15 is 0 Å². The van der Waals surface area contributed by atoms with Gasteiger partial charge in [-0.15, -0.1) is 0 Å². The van der Waals surface area contributed by atoms with Crippen LogP contribution in [0.15, 0.2) is 24.3 Å². The van der Waals surface area contributed by atoms with Crippen LogP contribution in [-0.4, -0.2) is 13.1 Å². The first-order chi connectivity index (χ1) is 8.55. The van der Waals surface area contributed by atoms with Crippen molar-refractivity contribution in [2.24, 2.45) is 5.92 Å². The molecule has 1 unspecified atom stereocenters. The molecule has 0 amide bonds. The predicted octanol–water partition coefficient (Wildman–Crippen LogP) is 3.06. The molecule has 1 aliphatic rings. The average molecular weight is 253 g/mol. The summed E-state index contributed by atoms with van der Waals surface area (Å²) in [5.74, 6) is 6.34. The van der Waals surface area contributed by atoms with Gasteiger partial charge in [0.25, 0.3) is 0 Å². The first-order valence-corrected chi connectivity index (χ1v) is 5.95. The molecule has 1 atom stereocenters. The summed E-state index contributed by atoms with van der Waals surface area (Å²) in [6.45, 7) is 1.89. The minimum Gasteiger partial charge on any atom is -0.316 e. The Kier molecular flexibility index (Phi) is 3.93. The number of hydrogen-bond donors (Lipinski definition) is 1. The van der Waals surface area contributed by atoms with Gasteiger partial charge in [0.2, 0.25) is 0 Å². The second-order valence-corrected chi connectivity index (χ2v) is 4.39. The summed E-state index contributed by atoms with van der Waals surface area (Å²) < 4.78 is 37.1. The molecule has 4 heteroatoms. The van der Waals surface area contributed by atoms with Gasteiger partial charge in [-0.1, -0.05) is 11.8 Å². The Morgan fingerprint density at radius 1 is 1.17 bits per heavy atom. The Labute approximate surface area is 104 Å². The lowest BCUT2D eigenvalue weighted by atomic mass is 10.00. The maximum absolute atomic E-state index is 12.4. The summed E-state index contributed by atoms with van der Waals surface area (Å²) in [5, 5.41) is 3.25. The number of hydrogen-bond acceptors (Lipinski definition) is 1. The molecule has 0 aromatic heterocycles. The van der Waals surface area contributed by atoms with Crippen molar-refractivity contribution in [1.29, 1.82) is 0 Å². The minimum atomic E-state index is -4.28. The number of nitrogens with one attached hydrogen (secondary N) is 1. The zero-order valence-corrected chi connectivity index (χ0v) is 9.85. The summed E-state index contributed by atoms with van der Waals surface area (Å²) in [5.41, 5.74) is 0.000886. The van der Waals surface area contributed by atoms with Crippen LogP contribution in [0, 0.1) is 17.8 Å². The Bertz CT molecular complexity index is 445. The van der Waals surface area contributed by atoms with E-state index in [1.54, 1.807) is 0 Å². The number of halogens is 3. The molecular formula is C14H14F3N. The maximum Gasteiger partial charge on any atom is 0.416 e. The maximum atomic E-state index is 12.4. The summed E-state index contributed by atoms with van der Waals surface area (Å²) >= 11 is 0. The van der Waals surface area contributed by atoms with Gasteiger partial charge in [0.05, 0.1) is 5.56 Å². The smallest absolute Gasteiger partial charge is 0.316 e. The van der Waals surface area contributed by atoms with Gasteiger partial charge in [0, 0.05) is 18.0 Å². The van der Waals surface area contributed by atoms with Crippen LogP contribution in [0.2, 0.25) is 0 Å². The largest absolute Gasteiger partial charge is 0.416 e. The standard InChI is InChI=1S/C14H14F3N/c15-14(16,17)13-7-5-11(6-8-13)3-4-12-2-1-9-18-10-12/h5-8,12,18H,1-2,9-10H2. The Morgan fingerprint density at radius 2 is 1.89 bits per heavy atom. The topological polar surface area (TPSA) is 12.0 Å². The van der Waals surface area contributed by atoms with Crippen LogP contribution in [0.3, 0.4) is 0 Å². The Balaban J connectivity index is 2.04. The van der Waals surface area contributed by atoms with Crippen LogP contribution in [0.5, 0.6) is 0 Å². The third-order valence-corrected chi connectivity index (χ3v) is 2.93. The monoisotopic (exact) mass is 253 g/mol. The first kappa shape index (κ1) is 13.0. The van der Waals surface area contributed by atoms with Gasteiger partial charge in [0.1, 0.15) is 0 Å². The fourth-order valence-corrected chi connectivity index (χ4v) is 1.90. The summed E-state index contributed by atoms with van der Waals surface area (Å²) in [7, 11) is 0. The highest BCUT2D eigenvalue weighted by Gasteiger charge is 2.29. The van der Waals surface area contributed by atoms with Crippen LogP contribution in [0.25, 0.3) is 0 Å². The Morgan fingerprint density at radius 3 is 2.44 bits per heavy atom. The molecule has 0 bridgehead atoms. The SMILES string of the molecule is FC(F)(F)c1ccc(C#CC2CCCNC2)cc1. The van der Waals surface area contributed by atoms with Crippen LogP contribution in [0.1, 0.15) is 24.0 Å².